The summed E-state index contributed by atoms with van der Waals surface area (Å²) in [6, 6.07) is 4.72. The number of sulfonamides is 1. The molecule has 0 fully saturated rings. The second-order valence-corrected chi connectivity index (χ2v) is 7.35. The first-order valence-corrected chi connectivity index (χ1v) is 8.40. The number of halogens is 5. The largest absolute Gasteiger partial charge is 0.275 e. The van der Waals surface area contributed by atoms with E-state index in [0.717, 1.165) is 18.2 Å². The van der Waals surface area contributed by atoms with Crippen LogP contribution in [0.1, 0.15) is 0 Å². The van der Waals surface area contributed by atoms with Crippen molar-refractivity contribution in [3.05, 3.63) is 56.7 Å². The summed E-state index contributed by atoms with van der Waals surface area (Å²) in [7, 11) is -4.36. The highest BCUT2D eigenvalue weighted by Gasteiger charge is 2.22. The molecule has 1 N–H and O–H groups in total. The van der Waals surface area contributed by atoms with Gasteiger partial charge in [0.25, 0.3) is 10.0 Å². The molecule has 9 heteroatoms. The third-order valence-corrected chi connectivity index (χ3v) is 4.93. The zero-order valence-electron chi connectivity index (χ0n) is 10.0. The van der Waals surface area contributed by atoms with E-state index in [-0.39, 0.29) is 4.47 Å². The van der Waals surface area contributed by atoms with Crippen LogP contribution in [-0.2, 0) is 10.0 Å². The molecule has 0 saturated carbocycles. The van der Waals surface area contributed by atoms with Crippen molar-refractivity contribution >= 4 is 47.6 Å². The van der Waals surface area contributed by atoms with Gasteiger partial charge in [-0.3, -0.25) is 4.72 Å². The van der Waals surface area contributed by atoms with Crippen LogP contribution >= 0.6 is 31.9 Å². The van der Waals surface area contributed by atoms with Crippen LogP contribution in [0.3, 0.4) is 0 Å². The van der Waals surface area contributed by atoms with Gasteiger partial charge in [-0.2, -0.15) is 0 Å². The minimum atomic E-state index is -4.36. The molecule has 0 spiro atoms. The summed E-state index contributed by atoms with van der Waals surface area (Å²) in [5.74, 6) is -3.00. The van der Waals surface area contributed by atoms with Gasteiger partial charge in [-0.05, 0) is 40.2 Å². The van der Waals surface area contributed by atoms with Crippen molar-refractivity contribution in [2.75, 3.05) is 4.72 Å². The molecule has 0 atom stereocenters. The lowest BCUT2D eigenvalue weighted by Crippen LogP contribution is -2.16. The number of hydrogen-bond donors (Lipinski definition) is 1. The Balaban J connectivity index is 2.47. The van der Waals surface area contributed by atoms with Crippen molar-refractivity contribution in [3.8, 4) is 0 Å². The zero-order chi connectivity index (χ0) is 15.8. The molecule has 3 nitrogen and oxygen atoms in total. The molecule has 0 aliphatic heterocycles. The Kier molecular flexibility index (Phi) is 4.64. The minimum absolute atomic E-state index is 0.138. The van der Waals surface area contributed by atoms with E-state index < -0.39 is 38.1 Å². The van der Waals surface area contributed by atoms with E-state index in [1.54, 1.807) is 0 Å². The minimum Gasteiger partial charge on any atom is -0.275 e. The van der Waals surface area contributed by atoms with E-state index in [1.165, 1.54) is 6.07 Å². The van der Waals surface area contributed by atoms with Gasteiger partial charge in [0.15, 0.2) is 5.82 Å². The maximum atomic E-state index is 13.7. The van der Waals surface area contributed by atoms with Crippen LogP contribution in [0.4, 0.5) is 18.9 Å². The Morgan fingerprint density at radius 1 is 0.952 bits per heavy atom. The first-order valence-electron chi connectivity index (χ1n) is 5.33. The molecule has 0 unspecified atom stereocenters. The fraction of sp³-hybridized carbons (Fsp3) is 0. The van der Waals surface area contributed by atoms with Crippen molar-refractivity contribution in [3.63, 3.8) is 0 Å². The van der Waals surface area contributed by atoms with Crippen LogP contribution in [0.15, 0.2) is 44.2 Å². The average molecular weight is 445 g/mol. The molecule has 0 heterocycles. The number of benzene rings is 2. The molecule has 21 heavy (non-hydrogen) atoms. The van der Waals surface area contributed by atoms with Gasteiger partial charge in [0.05, 0.1) is 5.69 Å². The van der Waals surface area contributed by atoms with Crippen molar-refractivity contribution in [2.45, 2.75) is 4.90 Å². The summed E-state index contributed by atoms with van der Waals surface area (Å²) in [6.07, 6.45) is 0. The summed E-state index contributed by atoms with van der Waals surface area (Å²) in [5, 5.41) is 0. The first-order chi connectivity index (χ1) is 9.70. The lowest BCUT2D eigenvalue weighted by molar-refractivity contribution is 0.567. The highest BCUT2D eigenvalue weighted by molar-refractivity contribution is 9.10. The average Bonchev–Trinajstić information content (AvgIpc) is 2.33. The van der Waals surface area contributed by atoms with Gasteiger partial charge in [-0.25, -0.2) is 21.6 Å². The van der Waals surface area contributed by atoms with E-state index in [2.05, 4.69) is 31.9 Å². The van der Waals surface area contributed by atoms with Crippen molar-refractivity contribution in [1.29, 1.82) is 0 Å². The van der Waals surface area contributed by atoms with Crippen LogP contribution < -0.4 is 4.72 Å². The lowest BCUT2D eigenvalue weighted by atomic mass is 10.3. The zero-order valence-corrected chi connectivity index (χ0v) is 14.0. The van der Waals surface area contributed by atoms with E-state index >= 15 is 0 Å². The van der Waals surface area contributed by atoms with Crippen molar-refractivity contribution < 1.29 is 21.6 Å². The smallest absolute Gasteiger partial charge is 0.264 e. The Morgan fingerprint density at radius 3 is 2.19 bits per heavy atom. The van der Waals surface area contributed by atoms with E-state index in [4.69, 9.17) is 0 Å². The number of rotatable bonds is 3. The molecule has 112 valence electrons. The predicted octanol–water partition coefficient (Wildman–Crippen LogP) is 4.43. The van der Waals surface area contributed by atoms with Gasteiger partial charge < -0.3 is 0 Å². The summed E-state index contributed by atoms with van der Waals surface area (Å²) in [6.45, 7) is 0. The van der Waals surface area contributed by atoms with Crippen LogP contribution in [0.2, 0.25) is 0 Å². The Morgan fingerprint density at radius 2 is 1.62 bits per heavy atom. The highest BCUT2D eigenvalue weighted by Crippen LogP contribution is 2.30. The van der Waals surface area contributed by atoms with E-state index in [0.29, 0.717) is 10.5 Å². The van der Waals surface area contributed by atoms with Crippen LogP contribution in [0, 0.1) is 17.5 Å². The molecule has 0 aliphatic rings. The summed E-state index contributed by atoms with van der Waals surface area (Å²) < 4.78 is 66.5. The Hall–Kier alpha value is -1.06. The van der Waals surface area contributed by atoms with E-state index in [9.17, 15) is 21.6 Å². The fourth-order valence-electron chi connectivity index (χ4n) is 1.52. The van der Waals surface area contributed by atoms with Gasteiger partial charge in [-0.1, -0.05) is 15.9 Å². The first kappa shape index (κ1) is 16.3. The number of hydrogen-bond acceptors (Lipinski definition) is 2. The molecule has 0 amide bonds. The molecular formula is C12H6Br2F3NO2S. The highest BCUT2D eigenvalue weighted by atomic mass is 79.9. The number of nitrogens with one attached hydrogen (secondary N) is 1. The molecule has 2 aromatic rings. The molecule has 0 radical (unpaired) electrons. The second kappa shape index (κ2) is 5.98. The van der Waals surface area contributed by atoms with Gasteiger partial charge in [0.2, 0.25) is 0 Å². The molecule has 0 saturated heterocycles. The predicted molar refractivity (Wildman–Crippen MR) is 79.0 cm³/mol. The van der Waals surface area contributed by atoms with Crippen molar-refractivity contribution in [2.24, 2.45) is 0 Å². The molecular weight excluding hydrogens is 439 g/mol. The Labute approximate surface area is 135 Å². The third-order valence-electron chi connectivity index (χ3n) is 2.43. The maximum Gasteiger partial charge on any atom is 0.264 e. The summed E-state index contributed by atoms with van der Waals surface area (Å²) >= 11 is 5.84. The van der Waals surface area contributed by atoms with E-state index in [1.807, 2.05) is 4.72 Å². The topological polar surface area (TPSA) is 46.2 Å². The van der Waals surface area contributed by atoms with Crippen LogP contribution in [0.5, 0.6) is 0 Å². The lowest BCUT2D eigenvalue weighted by Gasteiger charge is -2.11. The summed E-state index contributed by atoms with van der Waals surface area (Å²) in [4.78, 5) is -0.652. The second-order valence-electron chi connectivity index (χ2n) is 3.92. The molecule has 0 bridgehead atoms. The SMILES string of the molecule is O=S(=O)(Nc1c(F)cc(F)cc1Br)c1ccc(Br)cc1F. The summed E-state index contributed by atoms with van der Waals surface area (Å²) in [5.41, 5.74) is -0.501. The van der Waals surface area contributed by atoms with Gasteiger partial charge >= 0.3 is 0 Å². The van der Waals surface area contributed by atoms with Crippen LogP contribution in [0.25, 0.3) is 0 Å². The quantitative estimate of drug-likeness (QED) is 0.761. The number of anilines is 1. The molecule has 2 aromatic carbocycles. The van der Waals surface area contributed by atoms with Gasteiger partial charge in [-0.15, -0.1) is 0 Å². The maximum absolute atomic E-state index is 13.7. The molecule has 0 aliphatic carbocycles. The standard InChI is InChI=1S/C12H6Br2F3NO2S/c13-6-1-2-11(9(16)3-6)21(19,20)18-12-8(14)4-7(15)5-10(12)17/h1-5,18H. The Bertz CT molecular complexity index is 789. The van der Waals surface area contributed by atoms with Gasteiger partial charge in [0.1, 0.15) is 16.5 Å². The molecule has 2 rings (SSSR count). The molecule has 0 aromatic heterocycles. The fourth-order valence-corrected chi connectivity index (χ4v) is 3.64. The monoisotopic (exact) mass is 443 g/mol. The van der Waals surface area contributed by atoms with Crippen molar-refractivity contribution in [1.82, 2.24) is 0 Å². The normalized spacial score (nSPS) is 11.5. The van der Waals surface area contributed by atoms with Crippen LogP contribution in [-0.4, -0.2) is 8.42 Å². The third kappa shape index (κ3) is 3.58. The van der Waals surface area contributed by atoms with Gasteiger partial charge in [0, 0.05) is 15.0 Å².